The number of rotatable bonds is 4. The van der Waals surface area contributed by atoms with E-state index in [9.17, 15) is 4.79 Å². The second-order valence-electron chi connectivity index (χ2n) is 6.31. The van der Waals surface area contributed by atoms with E-state index in [4.69, 9.17) is 4.74 Å². The van der Waals surface area contributed by atoms with E-state index in [2.05, 4.69) is 10.2 Å². The second-order valence-corrected chi connectivity index (χ2v) is 6.31. The summed E-state index contributed by atoms with van der Waals surface area (Å²) in [7, 11) is 0. The fourth-order valence-corrected chi connectivity index (χ4v) is 2.98. The van der Waals surface area contributed by atoms with Crippen LogP contribution in [0.2, 0.25) is 0 Å². The monoisotopic (exact) mass is 324 g/mol. The molecule has 3 rings (SSSR count). The number of aryl methyl sites for hydroxylation is 2. The van der Waals surface area contributed by atoms with Crippen molar-refractivity contribution in [2.75, 3.05) is 31.6 Å². The van der Waals surface area contributed by atoms with Crippen molar-refractivity contribution in [1.82, 2.24) is 4.90 Å². The summed E-state index contributed by atoms with van der Waals surface area (Å²) in [6, 6.07) is 13.9. The fraction of sp³-hybridized carbons (Fsp3) is 0.350. The Bertz CT molecular complexity index is 684. The molecule has 0 unspecified atom stereocenters. The van der Waals surface area contributed by atoms with Gasteiger partial charge in [-0.2, -0.15) is 0 Å². The van der Waals surface area contributed by atoms with Gasteiger partial charge < -0.3 is 10.1 Å². The van der Waals surface area contributed by atoms with Crippen LogP contribution in [-0.4, -0.2) is 37.1 Å². The largest absolute Gasteiger partial charge is 0.379 e. The van der Waals surface area contributed by atoms with E-state index in [1.807, 2.05) is 56.3 Å². The Morgan fingerprint density at radius 3 is 2.29 bits per heavy atom. The zero-order valence-electron chi connectivity index (χ0n) is 14.3. The van der Waals surface area contributed by atoms with Crippen LogP contribution in [0.5, 0.6) is 0 Å². The lowest BCUT2D eigenvalue weighted by atomic mass is 10.1. The lowest BCUT2D eigenvalue weighted by Crippen LogP contribution is -2.35. The van der Waals surface area contributed by atoms with E-state index in [-0.39, 0.29) is 5.91 Å². The quantitative estimate of drug-likeness (QED) is 0.937. The summed E-state index contributed by atoms with van der Waals surface area (Å²) in [5, 5.41) is 3.03. The Morgan fingerprint density at radius 1 is 1.04 bits per heavy atom. The summed E-state index contributed by atoms with van der Waals surface area (Å²) in [4.78, 5) is 14.9. The summed E-state index contributed by atoms with van der Waals surface area (Å²) in [5.74, 6) is -0.0645. The highest BCUT2D eigenvalue weighted by Crippen LogP contribution is 2.20. The molecular formula is C20H24N2O2. The maximum absolute atomic E-state index is 12.5. The van der Waals surface area contributed by atoms with E-state index in [1.54, 1.807) is 0 Å². The Balaban J connectivity index is 1.65. The number of carbonyl (C=O) groups is 1. The van der Waals surface area contributed by atoms with Crippen LogP contribution in [0.15, 0.2) is 42.5 Å². The molecular weight excluding hydrogens is 300 g/mol. The van der Waals surface area contributed by atoms with Crippen LogP contribution in [0.3, 0.4) is 0 Å². The lowest BCUT2D eigenvalue weighted by Gasteiger charge is -2.26. The summed E-state index contributed by atoms with van der Waals surface area (Å²) in [6.07, 6.45) is 0. The third-order valence-corrected chi connectivity index (χ3v) is 4.45. The van der Waals surface area contributed by atoms with Gasteiger partial charge in [0.05, 0.1) is 13.2 Å². The van der Waals surface area contributed by atoms with Crippen molar-refractivity contribution >= 4 is 11.6 Å². The molecule has 0 saturated carbocycles. The molecule has 1 aliphatic heterocycles. The summed E-state index contributed by atoms with van der Waals surface area (Å²) >= 11 is 0. The highest BCUT2D eigenvalue weighted by molar-refractivity contribution is 6.05. The number of nitrogens with zero attached hydrogens (tertiary/aromatic N) is 1. The van der Waals surface area contributed by atoms with Crippen molar-refractivity contribution in [2.45, 2.75) is 20.4 Å². The van der Waals surface area contributed by atoms with E-state index in [0.717, 1.165) is 49.7 Å². The Morgan fingerprint density at radius 2 is 1.67 bits per heavy atom. The first-order valence-corrected chi connectivity index (χ1v) is 8.40. The number of ether oxygens (including phenoxy) is 1. The summed E-state index contributed by atoms with van der Waals surface area (Å²) in [6.45, 7) is 8.46. The van der Waals surface area contributed by atoms with Crippen molar-refractivity contribution in [2.24, 2.45) is 0 Å². The number of benzene rings is 2. The van der Waals surface area contributed by atoms with Gasteiger partial charge >= 0.3 is 0 Å². The van der Waals surface area contributed by atoms with Crippen molar-refractivity contribution in [3.63, 3.8) is 0 Å². The average Bonchev–Trinajstić information content (AvgIpc) is 2.60. The van der Waals surface area contributed by atoms with Crippen molar-refractivity contribution in [3.8, 4) is 0 Å². The molecule has 4 heteroatoms. The maximum atomic E-state index is 12.5. The molecule has 2 aromatic rings. The minimum Gasteiger partial charge on any atom is -0.379 e. The van der Waals surface area contributed by atoms with Gasteiger partial charge in [-0.15, -0.1) is 0 Å². The van der Waals surface area contributed by atoms with Gasteiger partial charge in [0.2, 0.25) is 0 Å². The van der Waals surface area contributed by atoms with Crippen LogP contribution >= 0.6 is 0 Å². The van der Waals surface area contributed by atoms with Gasteiger partial charge in [-0.25, -0.2) is 0 Å². The lowest BCUT2D eigenvalue weighted by molar-refractivity contribution is 0.0342. The first kappa shape index (κ1) is 16.7. The number of carbonyl (C=O) groups excluding carboxylic acids is 1. The average molecular weight is 324 g/mol. The summed E-state index contributed by atoms with van der Waals surface area (Å²) < 4.78 is 5.37. The van der Waals surface area contributed by atoms with Crippen LogP contribution in [0.25, 0.3) is 0 Å². The van der Waals surface area contributed by atoms with Gasteiger partial charge in [-0.05, 0) is 42.7 Å². The Hall–Kier alpha value is -2.17. The molecule has 1 aliphatic rings. The number of amides is 1. The standard InChI is InChI=1S/C20H24N2O2/c1-15-4-3-5-16(2)19(15)21-20(23)18-8-6-17(7-9-18)14-22-10-12-24-13-11-22/h3-9H,10-14H2,1-2H3,(H,21,23). The fourth-order valence-electron chi connectivity index (χ4n) is 2.98. The molecule has 24 heavy (non-hydrogen) atoms. The van der Waals surface area contributed by atoms with Gasteiger partial charge in [0.15, 0.2) is 0 Å². The van der Waals surface area contributed by atoms with Gasteiger partial charge in [-0.1, -0.05) is 30.3 Å². The number of hydrogen-bond acceptors (Lipinski definition) is 3. The second kappa shape index (κ2) is 7.60. The number of para-hydroxylation sites is 1. The Kier molecular flexibility index (Phi) is 5.28. The molecule has 0 atom stereocenters. The number of morpholine rings is 1. The molecule has 1 heterocycles. The van der Waals surface area contributed by atoms with E-state index in [0.29, 0.717) is 5.56 Å². The SMILES string of the molecule is Cc1cccc(C)c1NC(=O)c1ccc(CN2CCOCC2)cc1. The van der Waals surface area contributed by atoms with Crippen LogP contribution in [0.1, 0.15) is 27.0 Å². The van der Waals surface area contributed by atoms with Crippen LogP contribution in [-0.2, 0) is 11.3 Å². The first-order valence-electron chi connectivity index (χ1n) is 8.40. The number of anilines is 1. The van der Waals surface area contributed by atoms with Crippen molar-refractivity contribution in [1.29, 1.82) is 0 Å². The molecule has 1 N–H and O–H groups in total. The molecule has 0 radical (unpaired) electrons. The summed E-state index contributed by atoms with van der Waals surface area (Å²) in [5.41, 5.74) is 4.96. The van der Waals surface area contributed by atoms with Crippen LogP contribution in [0, 0.1) is 13.8 Å². The molecule has 1 amide bonds. The zero-order valence-corrected chi connectivity index (χ0v) is 14.3. The molecule has 126 valence electrons. The molecule has 0 spiro atoms. The van der Waals surface area contributed by atoms with Gasteiger partial charge in [0, 0.05) is 30.9 Å². The predicted molar refractivity (Wildman–Crippen MR) is 96.4 cm³/mol. The van der Waals surface area contributed by atoms with E-state index in [1.165, 1.54) is 5.56 Å². The Labute approximate surface area is 143 Å². The maximum Gasteiger partial charge on any atom is 0.255 e. The van der Waals surface area contributed by atoms with Crippen LogP contribution < -0.4 is 5.32 Å². The van der Waals surface area contributed by atoms with Crippen molar-refractivity contribution < 1.29 is 9.53 Å². The van der Waals surface area contributed by atoms with Crippen molar-refractivity contribution in [3.05, 3.63) is 64.7 Å². The zero-order chi connectivity index (χ0) is 16.9. The predicted octanol–water partition coefficient (Wildman–Crippen LogP) is 3.39. The van der Waals surface area contributed by atoms with Gasteiger partial charge in [0.25, 0.3) is 5.91 Å². The molecule has 0 aliphatic carbocycles. The highest BCUT2D eigenvalue weighted by atomic mass is 16.5. The number of hydrogen-bond donors (Lipinski definition) is 1. The smallest absolute Gasteiger partial charge is 0.255 e. The number of nitrogens with one attached hydrogen (secondary N) is 1. The topological polar surface area (TPSA) is 41.6 Å². The molecule has 1 fully saturated rings. The molecule has 0 aromatic heterocycles. The molecule has 0 bridgehead atoms. The van der Waals surface area contributed by atoms with E-state index < -0.39 is 0 Å². The third-order valence-electron chi connectivity index (χ3n) is 4.45. The van der Waals surface area contributed by atoms with Gasteiger partial charge in [0.1, 0.15) is 0 Å². The molecule has 1 saturated heterocycles. The normalized spacial score (nSPS) is 15.2. The first-order chi connectivity index (χ1) is 11.6. The van der Waals surface area contributed by atoms with E-state index >= 15 is 0 Å². The minimum atomic E-state index is -0.0645. The third kappa shape index (κ3) is 4.02. The van der Waals surface area contributed by atoms with Gasteiger partial charge in [-0.3, -0.25) is 9.69 Å². The molecule has 2 aromatic carbocycles. The molecule has 4 nitrogen and oxygen atoms in total. The minimum absolute atomic E-state index is 0.0645. The highest BCUT2D eigenvalue weighted by Gasteiger charge is 2.12. The van der Waals surface area contributed by atoms with Crippen LogP contribution in [0.4, 0.5) is 5.69 Å².